The maximum absolute atomic E-state index is 12.2. The molecule has 3 rings (SSSR count). The molecule has 5 atom stereocenters. The number of nitrogens with one attached hydrogen (secondary N) is 1. The first-order chi connectivity index (χ1) is 10.1. The van der Waals surface area contributed by atoms with E-state index in [4.69, 9.17) is 5.11 Å². The molecule has 0 aromatic carbocycles. The van der Waals surface area contributed by atoms with Crippen LogP contribution >= 0.6 is 0 Å². The number of aliphatic hydroxyl groups excluding tert-OH is 1. The Balaban J connectivity index is 1.48. The van der Waals surface area contributed by atoms with Crippen LogP contribution in [0.25, 0.3) is 0 Å². The van der Waals surface area contributed by atoms with E-state index in [-0.39, 0.29) is 29.9 Å². The van der Waals surface area contributed by atoms with Gasteiger partial charge in [-0.1, -0.05) is 6.42 Å². The average molecular weight is 296 g/mol. The lowest BCUT2D eigenvalue weighted by Crippen LogP contribution is -2.42. The van der Waals surface area contributed by atoms with E-state index in [0.29, 0.717) is 19.0 Å². The Morgan fingerprint density at radius 2 is 1.95 bits per heavy atom. The van der Waals surface area contributed by atoms with Crippen LogP contribution in [-0.2, 0) is 4.79 Å². The highest BCUT2D eigenvalue weighted by Gasteiger charge is 2.43. The van der Waals surface area contributed by atoms with E-state index in [0.717, 1.165) is 38.6 Å². The van der Waals surface area contributed by atoms with Crippen LogP contribution in [-0.4, -0.2) is 52.9 Å². The lowest BCUT2D eigenvalue weighted by Gasteiger charge is -2.22. The van der Waals surface area contributed by atoms with Crippen molar-refractivity contribution in [1.82, 2.24) is 10.2 Å². The normalized spacial score (nSPS) is 38.5. The molecule has 1 saturated heterocycles. The maximum atomic E-state index is 12.2. The number of carbonyl (C=O) groups excluding carboxylic acids is 1. The molecule has 0 bridgehead atoms. The fraction of sp³-hybridized carbons (Fsp3) is 0.867. The van der Waals surface area contributed by atoms with Gasteiger partial charge in [-0.3, -0.25) is 4.79 Å². The van der Waals surface area contributed by atoms with E-state index < -0.39 is 5.97 Å². The summed E-state index contributed by atoms with van der Waals surface area (Å²) in [5.41, 5.74) is 0. The zero-order valence-corrected chi connectivity index (χ0v) is 12.2. The summed E-state index contributed by atoms with van der Waals surface area (Å²) in [7, 11) is 0. The number of aliphatic hydroxyl groups is 1. The van der Waals surface area contributed by atoms with Gasteiger partial charge in [-0.2, -0.15) is 0 Å². The summed E-state index contributed by atoms with van der Waals surface area (Å²) in [6.45, 7) is 1.80. The molecule has 6 heteroatoms. The van der Waals surface area contributed by atoms with E-state index in [9.17, 15) is 14.7 Å². The van der Waals surface area contributed by atoms with Gasteiger partial charge in [-0.25, -0.2) is 4.79 Å². The standard InChI is InChI=1S/C15H24N2O4/c18-13-5-4-10-7-17(8-12(10)13)15(21)16-6-9-2-1-3-11(9)14(19)20/h9-13,18H,1-8H2,(H,16,21)(H,19,20). The largest absolute Gasteiger partial charge is 0.481 e. The lowest BCUT2D eigenvalue weighted by molar-refractivity contribution is -0.142. The number of hydrogen-bond acceptors (Lipinski definition) is 3. The average Bonchev–Trinajstić information content (AvgIpc) is 3.13. The highest BCUT2D eigenvalue weighted by atomic mass is 16.4. The molecule has 0 radical (unpaired) electrons. The quantitative estimate of drug-likeness (QED) is 0.722. The minimum atomic E-state index is -0.745. The van der Waals surface area contributed by atoms with Crippen molar-refractivity contribution < 1.29 is 19.8 Å². The SMILES string of the molecule is O=C(O)C1CCCC1CNC(=O)N1CC2CCC(O)C2C1. The van der Waals surface area contributed by atoms with E-state index in [1.165, 1.54) is 0 Å². The highest BCUT2D eigenvalue weighted by molar-refractivity contribution is 5.75. The highest BCUT2D eigenvalue weighted by Crippen LogP contribution is 2.38. The fourth-order valence-corrected chi connectivity index (χ4v) is 4.34. The van der Waals surface area contributed by atoms with Crippen molar-refractivity contribution in [2.24, 2.45) is 23.7 Å². The van der Waals surface area contributed by atoms with Crippen LogP contribution in [0.1, 0.15) is 32.1 Å². The molecule has 2 amide bonds. The number of carbonyl (C=O) groups is 2. The molecule has 0 aromatic rings. The number of carboxylic acids is 1. The number of urea groups is 1. The third-order valence-electron chi connectivity index (χ3n) is 5.60. The van der Waals surface area contributed by atoms with Crippen molar-refractivity contribution in [2.75, 3.05) is 19.6 Å². The molecule has 0 spiro atoms. The van der Waals surface area contributed by atoms with Gasteiger partial charge < -0.3 is 20.4 Å². The van der Waals surface area contributed by atoms with Gasteiger partial charge in [-0.05, 0) is 37.5 Å². The number of aliphatic carboxylic acids is 1. The minimum Gasteiger partial charge on any atom is -0.481 e. The first-order valence-electron chi connectivity index (χ1n) is 8.00. The summed E-state index contributed by atoms with van der Waals surface area (Å²) in [5, 5.41) is 21.9. The second-order valence-corrected chi connectivity index (χ2v) is 6.80. The number of carboxylic acid groups (broad SMARTS) is 1. The van der Waals surface area contributed by atoms with Gasteiger partial charge in [-0.15, -0.1) is 0 Å². The van der Waals surface area contributed by atoms with Crippen LogP contribution in [0.5, 0.6) is 0 Å². The van der Waals surface area contributed by atoms with E-state index in [1.807, 2.05) is 0 Å². The molecule has 118 valence electrons. The molecule has 5 unspecified atom stereocenters. The van der Waals surface area contributed by atoms with Crippen molar-refractivity contribution in [3.63, 3.8) is 0 Å². The summed E-state index contributed by atoms with van der Waals surface area (Å²) in [4.78, 5) is 25.1. The Kier molecular flexibility index (Phi) is 4.06. The lowest BCUT2D eigenvalue weighted by atomic mass is 9.96. The monoisotopic (exact) mass is 296 g/mol. The molecule has 2 saturated carbocycles. The van der Waals surface area contributed by atoms with Crippen molar-refractivity contribution >= 4 is 12.0 Å². The number of rotatable bonds is 3. The number of hydrogen-bond donors (Lipinski definition) is 3. The van der Waals surface area contributed by atoms with Gasteiger partial charge in [0.15, 0.2) is 0 Å². The summed E-state index contributed by atoms with van der Waals surface area (Å²) >= 11 is 0. The summed E-state index contributed by atoms with van der Waals surface area (Å²) < 4.78 is 0. The third kappa shape index (κ3) is 2.86. The Hall–Kier alpha value is -1.30. The Morgan fingerprint density at radius 1 is 1.14 bits per heavy atom. The number of fused-ring (bicyclic) bond motifs is 1. The van der Waals surface area contributed by atoms with E-state index >= 15 is 0 Å². The van der Waals surface area contributed by atoms with Crippen LogP contribution in [0, 0.1) is 23.7 Å². The van der Waals surface area contributed by atoms with Gasteiger partial charge in [0.25, 0.3) is 0 Å². The van der Waals surface area contributed by atoms with Crippen LogP contribution in [0.4, 0.5) is 4.79 Å². The number of likely N-dealkylation sites (tertiary alicyclic amines) is 1. The summed E-state index contributed by atoms with van der Waals surface area (Å²) in [6.07, 6.45) is 4.11. The van der Waals surface area contributed by atoms with Crippen LogP contribution in [0.15, 0.2) is 0 Å². The van der Waals surface area contributed by atoms with Crippen LogP contribution in [0.2, 0.25) is 0 Å². The Labute approximate surface area is 124 Å². The second-order valence-electron chi connectivity index (χ2n) is 6.80. The second kappa shape index (κ2) is 5.83. The van der Waals surface area contributed by atoms with E-state index in [1.54, 1.807) is 4.90 Å². The number of amides is 2. The molecule has 3 N–H and O–H groups in total. The molecule has 6 nitrogen and oxygen atoms in total. The predicted molar refractivity (Wildman–Crippen MR) is 75.7 cm³/mol. The van der Waals surface area contributed by atoms with Crippen LogP contribution < -0.4 is 5.32 Å². The first-order valence-corrected chi connectivity index (χ1v) is 8.00. The molecule has 3 fully saturated rings. The smallest absolute Gasteiger partial charge is 0.317 e. The van der Waals surface area contributed by atoms with Crippen LogP contribution in [0.3, 0.4) is 0 Å². The van der Waals surface area contributed by atoms with Crippen molar-refractivity contribution in [2.45, 2.75) is 38.2 Å². The van der Waals surface area contributed by atoms with Gasteiger partial charge in [0.1, 0.15) is 0 Å². The molecule has 0 aromatic heterocycles. The fourth-order valence-electron chi connectivity index (χ4n) is 4.34. The van der Waals surface area contributed by atoms with Gasteiger partial charge in [0.2, 0.25) is 0 Å². The van der Waals surface area contributed by atoms with Crippen molar-refractivity contribution in [1.29, 1.82) is 0 Å². The Bertz CT molecular complexity index is 428. The molecule has 1 heterocycles. The zero-order valence-electron chi connectivity index (χ0n) is 12.2. The Morgan fingerprint density at radius 3 is 2.67 bits per heavy atom. The summed E-state index contributed by atoms with van der Waals surface area (Å²) in [6, 6.07) is -0.104. The molecule has 3 aliphatic rings. The molecular formula is C15H24N2O4. The topological polar surface area (TPSA) is 89.9 Å². The van der Waals surface area contributed by atoms with Gasteiger partial charge >= 0.3 is 12.0 Å². The van der Waals surface area contributed by atoms with E-state index in [2.05, 4.69) is 5.32 Å². The number of nitrogens with zero attached hydrogens (tertiary/aromatic N) is 1. The molecule has 1 aliphatic heterocycles. The van der Waals surface area contributed by atoms with Gasteiger partial charge in [0.05, 0.1) is 12.0 Å². The third-order valence-corrected chi connectivity index (χ3v) is 5.60. The zero-order chi connectivity index (χ0) is 15.0. The molecule has 21 heavy (non-hydrogen) atoms. The first kappa shape index (κ1) is 14.6. The maximum Gasteiger partial charge on any atom is 0.317 e. The predicted octanol–water partition coefficient (Wildman–Crippen LogP) is 0.900. The molecular weight excluding hydrogens is 272 g/mol. The molecule has 2 aliphatic carbocycles. The summed E-state index contributed by atoms with van der Waals surface area (Å²) in [5.74, 6) is -0.340. The van der Waals surface area contributed by atoms with Gasteiger partial charge in [0, 0.05) is 25.6 Å². The minimum absolute atomic E-state index is 0.0548. The van der Waals surface area contributed by atoms with Crippen molar-refractivity contribution in [3.05, 3.63) is 0 Å². The van der Waals surface area contributed by atoms with Crippen molar-refractivity contribution in [3.8, 4) is 0 Å².